The number of nitrogen functional groups attached to an aromatic ring is 1. The standard InChI is InChI=1S/C14H16ClN5O/c1-2-9-4-3-5-17-11(9)8-18-14(21)10-6-12(15)19-13(7-10)20-16/h3-7H,2,8,16H2,1H3,(H,18,21)(H,19,20). The van der Waals surface area contributed by atoms with E-state index in [4.69, 9.17) is 17.4 Å². The molecule has 110 valence electrons. The SMILES string of the molecule is CCc1cccnc1CNC(=O)c1cc(Cl)nc(NN)c1. The zero-order valence-electron chi connectivity index (χ0n) is 11.6. The fourth-order valence-corrected chi connectivity index (χ4v) is 2.13. The number of hydrogen-bond donors (Lipinski definition) is 3. The van der Waals surface area contributed by atoms with E-state index in [9.17, 15) is 4.79 Å². The minimum atomic E-state index is -0.261. The number of aromatic nitrogens is 2. The van der Waals surface area contributed by atoms with Gasteiger partial charge in [0.15, 0.2) is 0 Å². The first kappa shape index (κ1) is 15.2. The van der Waals surface area contributed by atoms with Crippen molar-refractivity contribution in [1.82, 2.24) is 15.3 Å². The molecule has 0 fully saturated rings. The minimum absolute atomic E-state index is 0.197. The summed E-state index contributed by atoms with van der Waals surface area (Å²) in [5, 5.41) is 3.01. The molecule has 0 atom stereocenters. The molecule has 4 N–H and O–H groups in total. The molecule has 0 aliphatic carbocycles. The zero-order chi connectivity index (χ0) is 15.2. The smallest absolute Gasteiger partial charge is 0.251 e. The predicted molar refractivity (Wildman–Crippen MR) is 81.8 cm³/mol. The van der Waals surface area contributed by atoms with Crippen LogP contribution in [0.4, 0.5) is 5.82 Å². The van der Waals surface area contributed by atoms with Gasteiger partial charge in [0.25, 0.3) is 5.91 Å². The number of rotatable bonds is 5. The lowest BCUT2D eigenvalue weighted by Gasteiger charge is -2.09. The van der Waals surface area contributed by atoms with E-state index in [1.807, 2.05) is 19.1 Å². The molecule has 0 aliphatic rings. The third-order valence-electron chi connectivity index (χ3n) is 2.99. The molecule has 7 heteroatoms. The van der Waals surface area contributed by atoms with Gasteiger partial charge in [0.1, 0.15) is 11.0 Å². The van der Waals surface area contributed by atoms with E-state index in [2.05, 4.69) is 20.7 Å². The van der Waals surface area contributed by atoms with Crippen LogP contribution in [0.15, 0.2) is 30.5 Å². The second-order valence-electron chi connectivity index (χ2n) is 4.35. The van der Waals surface area contributed by atoms with Crippen molar-refractivity contribution in [2.75, 3.05) is 5.43 Å². The molecule has 0 spiro atoms. The second kappa shape index (κ2) is 7.01. The van der Waals surface area contributed by atoms with E-state index in [-0.39, 0.29) is 11.1 Å². The summed E-state index contributed by atoms with van der Waals surface area (Å²) in [4.78, 5) is 20.3. The van der Waals surface area contributed by atoms with Gasteiger partial charge < -0.3 is 10.7 Å². The molecule has 2 aromatic heterocycles. The van der Waals surface area contributed by atoms with Gasteiger partial charge in [0.2, 0.25) is 0 Å². The first-order valence-corrected chi connectivity index (χ1v) is 6.87. The van der Waals surface area contributed by atoms with Crippen LogP contribution in [-0.4, -0.2) is 15.9 Å². The highest BCUT2D eigenvalue weighted by Gasteiger charge is 2.10. The van der Waals surface area contributed by atoms with Gasteiger partial charge in [-0.3, -0.25) is 9.78 Å². The molecule has 2 aromatic rings. The maximum atomic E-state index is 12.1. The second-order valence-corrected chi connectivity index (χ2v) is 4.74. The number of halogens is 1. The van der Waals surface area contributed by atoms with Gasteiger partial charge in [-0.05, 0) is 30.2 Å². The van der Waals surface area contributed by atoms with E-state index in [1.54, 1.807) is 6.20 Å². The summed E-state index contributed by atoms with van der Waals surface area (Å²) in [5.41, 5.74) is 4.71. The molecule has 21 heavy (non-hydrogen) atoms. The van der Waals surface area contributed by atoms with Gasteiger partial charge in [-0.1, -0.05) is 24.6 Å². The van der Waals surface area contributed by atoms with Crippen molar-refractivity contribution in [3.63, 3.8) is 0 Å². The Hall–Kier alpha value is -2.18. The molecule has 0 aliphatic heterocycles. The molecular formula is C14H16ClN5O. The average molecular weight is 306 g/mol. The van der Waals surface area contributed by atoms with Gasteiger partial charge in [0, 0.05) is 11.8 Å². The lowest BCUT2D eigenvalue weighted by Crippen LogP contribution is -2.24. The Balaban J connectivity index is 2.10. The first-order valence-electron chi connectivity index (χ1n) is 6.49. The summed E-state index contributed by atoms with van der Waals surface area (Å²) in [6.45, 7) is 2.40. The number of hydrazine groups is 1. The summed E-state index contributed by atoms with van der Waals surface area (Å²) < 4.78 is 0. The Labute approximate surface area is 127 Å². The molecule has 0 saturated heterocycles. The number of nitrogens with one attached hydrogen (secondary N) is 2. The van der Waals surface area contributed by atoms with Crippen LogP contribution in [0.1, 0.15) is 28.5 Å². The van der Waals surface area contributed by atoms with Crippen LogP contribution in [0.5, 0.6) is 0 Å². The van der Waals surface area contributed by atoms with Crippen molar-refractivity contribution in [2.24, 2.45) is 5.84 Å². The molecule has 2 heterocycles. The molecule has 0 bridgehead atoms. The number of carbonyl (C=O) groups excluding carboxylic acids is 1. The third kappa shape index (κ3) is 3.90. The lowest BCUT2D eigenvalue weighted by molar-refractivity contribution is 0.0950. The summed E-state index contributed by atoms with van der Waals surface area (Å²) >= 11 is 5.84. The van der Waals surface area contributed by atoms with Gasteiger partial charge >= 0.3 is 0 Å². The molecule has 1 amide bonds. The van der Waals surface area contributed by atoms with Crippen molar-refractivity contribution in [3.05, 3.63) is 52.4 Å². The highest BCUT2D eigenvalue weighted by Crippen LogP contribution is 2.14. The molecule has 0 unspecified atom stereocenters. The van der Waals surface area contributed by atoms with Crippen LogP contribution >= 0.6 is 11.6 Å². The molecule has 6 nitrogen and oxygen atoms in total. The van der Waals surface area contributed by atoms with Crippen molar-refractivity contribution < 1.29 is 4.79 Å². The number of aryl methyl sites for hydroxylation is 1. The van der Waals surface area contributed by atoms with Crippen molar-refractivity contribution in [1.29, 1.82) is 0 Å². The summed E-state index contributed by atoms with van der Waals surface area (Å²) in [5.74, 6) is 5.35. The number of amides is 1. The topological polar surface area (TPSA) is 92.9 Å². The van der Waals surface area contributed by atoms with Gasteiger partial charge in [-0.15, -0.1) is 0 Å². The van der Waals surface area contributed by atoms with Crippen LogP contribution in [0, 0.1) is 0 Å². The van der Waals surface area contributed by atoms with Crippen molar-refractivity contribution in [3.8, 4) is 0 Å². The summed E-state index contributed by atoms with van der Waals surface area (Å²) in [7, 11) is 0. The molecule has 0 radical (unpaired) electrons. The maximum Gasteiger partial charge on any atom is 0.251 e. The van der Waals surface area contributed by atoms with Crippen LogP contribution in [0.2, 0.25) is 5.15 Å². The highest BCUT2D eigenvalue weighted by molar-refractivity contribution is 6.29. The normalized spacial score (nSPS) is 10.2. The van der Waals surface area contributed by atoms with E-state index < -0.39 is 0 Å². The van der Waals surface area contributed by atoms with Crippen LogP contribution in [0.25, 0.3) is 0 Å². The van der Waals surface area contributed by atoms with Crippen LogP contribution in [-0.2, 0) is 13.0 Å². The molecular weight excluding hydrogens is 290 g/mol. The molecule has 0 aromatic carbocycles. The largest absolute Gasteiger partial charge is 0.346 e. The average Bonchev–Trinajstić information content (AvgIpc) is 2.52. The zero-order valence-corrected chi connectivity index (χ0v) is 12.3. The van der Waals surface area contributed by atoms with Crippen LogP contribution in [0.3, 0.4) is 0 Å². The lowest BCUT2D eigenvalue weighted by atomic mass is 10.1. The van der Waals surface area contributed by atoms with Crippen molar-refractivity contribution in [2.45, 2.75) is 19.9 Å². The number of carbonyl (C=O) groups is 1. The number of hydrogen-bond acceptors (Lipinski definition) is 5. The maximum absolute atomic E-state index is 12.1. The fraction of sp³-hybridized carbons (Fsp3) is 0.214. The summed E-state index contributed by atoms with van der Waals surface area (Å²) in [6.07, 6.45) is 2.57. The quantitative estimate of drug-likeness (QED) is 0.446. The molecule has 0 saturated carbocycles. The predicted octanol–water partition coefficient (Wildman–Crippen LogP) is 1.91. The minimum Gasteiger partial charge on any atom is -0.346 e. The number of nitrogens with two attached hydrogens (primary N) is 1. The number of anilines is 1. The van der Waals surface area contributed by atoms with Crippen molar-refractivity contribution >= 4 is 23.3 Å². The Bertz CT molecular complexity index is 647. The fourth-order valence-electron chi connectivity index (χ4n) is 1.92. The van der Waals surface area contributed by atoms with Gasteiger partial charge in [0.05, 0.1) is 12.2 Å². The van der Waals surface area contributed by atoms with Gasteiger partial charge in [-0.2, -0.15) is 0 Å². The van der Waals surface area contributed by atoms with Crippen LogP contribution < -0.4 is 16.6 Å². The highest BCUT2D eigenvalue weighted by atomic mass is 35.5. The van der Waals surface area contributed by atoms with E-state index in [0.29, 0.717) is 17.9 Å². The Morgan fingerprint density at radius 2 is 2.24 bits per heavy atom. The first-order chi connectivity index (χ1) is 10.1. The van der Waals surface area contributed by atoms with Gasteiger partial charge in [-0.25, -0.2) is 10.8 Å². The molecule has 2 rings (SSSR count). The van der Waals surface area contributed by atoms with E-state index >= 15 is 0 Å². The third-order valence-corrected chi connectivity index (χ3v) is 3.18. The number of nitrogens with zero attached hydrogens (tertiary/aromatic N) is 2. The Morgan fingerprint density at radius 3 is 2.95 bits per heavy atom. The summed E-state index contributed by atoms with van der Waals surface area (Å²) in [6, 6.07) is 6.89. The Kier molecular flexibility index (Phi) is 5.08. The Morgan fingerprint density at radius 1 is 1.43 bits per heavy atom. The monoisotopic (exact) mass is 305 g/mol. The number of pyridine rings is 2. The van der Waals surface area contributed by atoms with E-state index in [0.717, 1.165) is 17.7 Å². The van der Waals surface area contributed by atoms with E-state index in [1.165, 1.54) is 12.1 Å².